The summed E-state index contributed by atoms with van der Waals surface area (Å²) in [7, 11) is 1.51. The van der Waals surface area contributed by atoms with Gasteiger partial charge < -0.3 is 4.74 Å². The third-order valence-electron chi connectivity index (χ3n) is 3.07. The number of benzene rings is 1. The molecule has 0 radical (unpaired) electrons. The van der Waals surface area contributed by atoms with Crippen LogP contribution >= 0.6 is 11.6 Å². The molecule has 2 aromatic heterocycles. The number of tetrazole rings is 1. The monoisotopic (exact) mass is 319 g/mol. The van der Waals surface area contributed by atoms with Gasteiger partial charge in [0.2, 0.25) is 5.88 Å². The molecule has 0 bridgehead atoms. The Morgan fingerprint density at radius 1 is 1.32 bits per heavy atom. The van der Waals surface area contributed by atoms with E-state index < -0.39 is 5.82 Å². The predicted molar refractivity (Wildman–Crippen MR) is 78.1 cm³/mol. The van der Waals surface area contributed by atoms with Gasteiger partial charge in [0.1, 0.15) is 12.1 Å². The van der Waals surface area contributed by atoms with E-state index in [2.05, 4.69) is 20.5 Å². The molecule has 0 aliphatic carbocycles. The number of rotatable bonds is 4. The Bertz CT molecular complexity index is 794. The molecule has 112 valence electrons. The topological polar surface area (TPSA) is 65.7 Å². The zero-order chi connectivity index (χ0) is 15.5. The Kier molecular flexibility index (Phi) is 3.97. The van der Waals surface area contributed by atoms with E-state index in [0.717, 1.165) is 5.56 Å². The van der Waals surface area contributed by atoms with Crippen LogP contribution in [0, 0.1) is 5.82 Å². The predicted octanol–water partition coefficient (Wildman–Crippen LogP) is 2.58. The molecule has 0 aliphatic rings. The van der Waals surface area contributed by atoms with Crippen molar-refractivity contribution in [1.82, 2.24) is 25.2 Å². The highest BCUT2D eigenvalue weighted by atomic mass is 35.5. The Hall–Kier alpha value is -2.54. The average molecular weight is 320 g/mol. The molecule has 1 aromatic carbocycles. The van der Waals surface area contributed by atoms with Crippen LogP contribution in [0.1, 0.15) is 5.56 Å². The van der Waals surface area contributed by atoms with Crippen LogP contribution in [0.4, 0.5) is 4.39 Å². The molecule has 22 heavy (non-hydrogen) atoms. The number of nitrogens with zero attached hydrogens (tertiary/aromatic N) is 5. The lowest BCUT2D eigenvalue weighted by Gasteiger charge is -2.10. The van der Waals surface area contributed by atoms with Gasteiger partial charge in [-0.15, -0.1) is 5.10 Å². The van der Waals surface area contributed by atoms with Crippen LogP contribution in [0.2, 0.25) is 5.02 Å². The first-order valence-corrected chi connectivity index (χ1v) is 6.74. The molecule has 0 atom stereocenters. The maximum atomic E-state index is 13.7. The molecule has 0 aliphatic heterocycles. The normalized spacial score (nSPS) is 10.7. The summed E-state index contributed by atoms with van der Waals surface area (Å²) in [6.45, 7) is 0.451. The zero-order valence-electron chi connectivity index (χ0n) is 11.6. The zero-order valence-corrected chi connectivity index (χ0v) is 12.3. The van der Waals surface area contributed by atoms with Crippen LogP contribution in [0.15, 0.2) is 36.8 Å². The molecule has 0 spiro atoms. The number of hydrogen-bond acceptors (Lipinski definition) is 5. The molecule has 0 saturated heterocycles. The molecule has 8 heteroatoms. The van der Waals surface area contributed by atoms with Crippen LogP contribution in [0.3, 0.4) is 0 Å². The van der Waals surface area contributed by atoms with Gasteiger partial charge in [-0.05, 0) is 39.8 Å². The summed E-state index contributed by atoms with van der Waals surface area (Å²) in [4.78, 5) is 4.25. The van der Waals surface area contributed by atoms with Crippen molar-refractivity contribution in [2.45, 2.75) is 6.54 Å². The maximum absolute atomic E-state index is 13.7. The minimum Gasteiger partial charge on any atom is -0.481 e. The SMILES string of the molecule is COc1ncc(Cn2cnnn2)cc1-c1ccc(Cl)c(F)c1. The van der Waals surface area contributed by atoms with E-state index in [1.54, 1.807) is 16.9 Å². The average Bonchev–Trinajstić information content (AvgIpc) is 3.03. The third-order valence-corrected chi connectivity index (χ3v) is 3.37. The van der Waals surface area contributed by atoms with Crippen molar-refractivity contribution in [3.8, 4) is 17.0 Å². The van der Waals surface area contributed by atoms with Crippen LogP contribution in [-0.4, -0.2) is 32.3 Å². The van der Waals surface area contributed by atoms with E-state index in [1.165, 1.54) is 25.6 Å². The van der Waals surface area contributed by atoms with Crippen molar-refractivity contribution in [3.05, 3.63) is 53.2 Å². The molecule has 0 amide bonds. The fraction of sp³-hybridized carbons (Fsp3) is 0.143. The van der Waals surface area contributed by atoms with Gasteiger partial charge in [0, 0.05) is 11.8 Å². The summed E-state index contributed by atoms with van der Waals surface area (Å²) in [6, 6.07) is 6.42. The van der Waals surface area contributed by atoms with Gasteiger partial charge in [-0.1, -0.05) is 17.7 Å². The molecule has 6 nitrogen and oxygen atoms in total. The standard InChI is InChI=1S/C14H11ClFN5O/c1-22-14-11(10-2-3-12(15)13(16)5-10)4-9(6-17-14)7-21-8-18-19-20-21/h2-6,8H,7H2,1H3. The molecule has 0 unspecified atom stereocenters. The minimum atomic E-state index is -0.493. The van der Waals surface area contributed by atoms with Gasteiger partial charge in [0.25, 0.3) is 0 Å². The van der Waals surface area contributed by atoms with E-state index in [9.17, 15) is 4.39 Å². The van der Waals surface area contributed by atoms with Crippen molar-refractivity contribution in [2.24, 2.45) is 0 Å². The van der Waals surface area contributed by atoms with Crippen LogP contribution in [0.5, 0.6) is 5.88 Å². The van der Waals surface area contributed by atoms with Crippen molar-refractivity contribution < 1.29 is 9.13 Å². The first kappa shape index (κ1) is 14.4. The van der Waals surface area contributed by atoms with Gasteiger partial charge in [-0.25, -0.2) is 14.1 Å². The smallest absolute Gasteiger partial charge is 0.221 e. The molecule has 0 fully saturated rings. The number of hydrogen-bond donors (Lipinski definition) is 0. The quantitative estimate of drug-likeness (QED) is 0.739. The van der Waals surface area contributed by atoms with Gasteiger partial charge >= 0.3 is 0 Å². The second-order valence-electron chi connectivity index (χ2n) is 4.54. The molecular formula is C14H11ClFN5O. The van der Waals surface area contributed by atoms with Crippen molar-refractivity contribution in [1.29, 1.82) is 0 Å². The Balaban J connectivity index is 2.02. The summed E-state index contributed by atoms with van der Waals surface area (Å²) < 4.78 is 20.5. The lowest BCUT2D eigenvalue weighted by molar-refractivity contribution is 0.399. The highest BCUT2D eigenvalue weighted by molar-refractivity contribution is 6.30. The summed E-state index contributed by atoms with van der Waals surface area (Å²) in [5.74, 6) is -0.0886. The van der Waals surface area contributed by atoms with Crippen LogP contribution < -0.4 is 4.74 Å². The number of aromatic nitrogens is 5. The molecule has 0 saturated carbocycles. The van der Waals surface area contributed by atoms with Crippen LogP contribution in [-0.2, 0) is 6.54 Å². The summed E-state index contributed by atoms with van der Waals surface area (Å²) in [5, 5.41) is 11.0. The third kappa shape index (κ3) is 2.89. The molecule has 3 rings (SSSR count). The largest absolute Gasteiger partial charge is 0.481 e. The van der Waals surface area contributed by atoms with Gasteiger partial charge in [0.15, 0.2) is 0 Å². The summed E-state index contributed by atoms with van der Waals surface area (Å²) >= 11 is 5.72. The van der Waals surface area contributed by atoms with Gasteiger partial charge in [-0.3, -0.25) is 0 Å². The van der Waals surface area contributed by atoms with Crippen LogP contribution in [0.25, 0.3) is 11.1 Å². The first-order chi connectivity index (χ1) is 10.7. The van der Waals surface area contributed by atoms with E-state index in [-0.39, 0.29) is 5.02 Å². The van der Waals surface area contributed by atoms with E-state index in [4.69, 9.17) is 16.3 Å². The molecule has 2 heterocycles. The summed E-state index contributed by atoms with van der Waals surface area (Å²) in [6.07, 6.45) is 3.17. The number of pyridine rings is 1. The van der Waals surface area contributed by atoms with Crippen molar-refractivity contribution >= 4 is 11.6 Å². The fourth-order valence-corrected chi connectivity index (χ4v) is 2.17. The Labute approximate surface area is 130 Å². The second-order valence-corrected chi connectivity index (χ2v) is 4.94. The minimum absolute atomic E-state index is 0.0699. The van der Waals surface area contributed by atoms with E-state index in [1.807, 2.05) is 6.07 Å². The lowest BCUT2D eigenvalue weighted by atomic mass is 10.1. The van der Waals surface area contributed by atoms with E-state index in [0.29, 0.717) is 23.6 Å². The van der Waals surface area contributed by atoms with Crippen molar-refractivity contribution in [2.75, 3.05) is 7.11 Å². The lowest BCUT2D eigenvalue weighted by Crippen LogP contribution is -2.02. The Morgan fingerprint density at radius 3 is 2.86 bits per heavy atom. The van der Waals surface area contributed by atoms with Gasteiger partial charge in [-0.2, -0.15) is 0 Å². The van der Waals surface area contributed by atoms with Gasteiger partial charge in [0.05, 0.1) is 18.7 Å². The van der Waals surface area contributed by atoms with E-state index >= 15 is 0 Å². The molecule has 0 N–H and O–H groups in total. The molecular weight excluding hydrogens is 309 g/mol. The molecule has 3 aromatic rings. The number of methoxy groups -OCH3 is 1. The fourth-order valence-electron chi connectivity index (χ4n) is 2.05. The summed E-state index contributed by atoms with van der Waals surface area (Å²) in [5.41, 5.74) is 2.16. The Morgan fingerprint density at radius 2 is 2.18 bits per heavy atom. The highest BCUT2D eigenvalue weighted by Crippen LogP contribution is 2.31. The number of ether oxygens (including phenoxy) is 1. The highest BCUT2D eigenvalue weighted by Gasteiger charge is 2.11. The van der Waals surface area contributed by atoms with Crippen molar-refractivity contribution in [3.63, 3.8) is 0 Å². The maximum Gasteiger partial charge on any atom is 0.221 e. The number of halogens is 2. The first-order valence-electron chi connectivity index (χ1n) is 6.36. The second kappa shape index (κ2) is 6.07.